The van der Waals surface area contributed by atoms with Gasteiger partial charge in [-0.3, -0.25) is 19.3 Å². The van der Waals surface area contributed by atoms with Gasteiger partial charge in [0.05, 0.1) is 0 Å². The highest BCUT2D eigenvalue weighted by molar-refractivity contribution is 7.71. The third kappa shape index (κ3) is 4.49. The van der Waals surface area contributed by atoms with Crippen LogP contribution in [0.2, 0.25) is 0 Å². The molecule has 1 heterocycles. The third-order valence-electron chi connectivity index (χ3n) is 4.15. The second-order valence-corrected chi connectivity index (χ2v) is 6.46. The van der Waals surface area contributed by atoms with Gasteiger partial charge in [0, 0.05) is 18.5 Å². The summed E-state index contributed by atoms with van der Waals surface area (Å²) < 4.78 is 15.1. The Morgan fingerprint density at radius 1 is 1.18 bits per heavy atom. The van der Waals surface area contributed by atoms with Crippen molar-refractivity contribution in [2.24, 2.45) is 5.73 Å². The molecule has 1 atom stereocenters. The Morgan fingerprint density at radius 2 is 1.86 bits per heavy atom. The number of benzene rings is 2. The van der Waals surface area contributed by atoms with E-state index in [1.54, 1.807) is 47.0 Å². The summed E-state index contributed by atoms with van der Waals surface area (Å²) in [4.78, 5) is 24.1. The average molecular weight is 399 g/mol. The lowest BCUT2D eigenvalue weighted by Gasteiger charge is -2.16. The third-order valence-corrected chi connectivity index (χ3v) is 4.46. The van der Waals surface area contributed by atoms with Crippen LogP contribution in [0.25, 0.3) is 11.4 Å². The monoisotopic (exact) mass is 399 g/mol. The van der Waals surface area contributed by atoms with Crippen molar-refractivity contribution in [3.05, 3.63) is 70.7 Å². The van der Waals surface area contributed by atoms with Crippen LogP contribution in [0.3, 0.4) is 0 Å². The number of primary amides is 1. The van der Waals surface area contributed by atoms with E-state index in [-0.39, 0.29) is 24.7 Å². The minimum Gasteiger partial charge on any atom is -0.368 e. The van der Waals surface area contributed by atoms with Crippen molar-refractivity contribution in [1.82, 2.24) is 20.1 Å². The number of carbonyl (C=O) groups excluding carboxylic acids is 2. The predicted octanol–water partition coefficient (Wildman–Crippen LogP) is 2.48. The zero-order chi connectivity index (χ0) is 20.1. The number of nitrogens with one attached hydrogen (secondary N) is 2. The molecule has 0 fully saturated rings. The Balaban J connectivity index is 1.71. The summed E-state index contributed by atoms with van der Waals surface area (Å²) in [6.07, 6.45) is 0.0542. The summed E-state index contributed by atoms with van der Waals surface area (Å²) >= 11 is 5.22. The molecule has 9 heteroatoms. The topological polar surface area (TPSA) is 106 Å². The summed E-state index contributed by atoms with van der Waals surface area (Å²) in [6.45, 7) is 0.230. The number of nitrogens with zero attached hydrogens (tertiary/aromatic N) is 2. The molecule has 0 radical (unpaired) electrons. The van der Waals surface area contributed by atoms with Gasteiger partial charge < -0.3 is 11.1 Å². The Morgan fingerprint density at radius 3 is 2.50 bits per heavy atom. The lowest BCUT2D eigenvalue weighted by molar-refractivity contribution is -0.127. The molecule has 1 aromatic heterocycles. The molecular weight excluding hydrogens is 381 g/mol. The molecule has 2 amide bonds. The summed E-state index contributed by atoms with van der Waals surface area (Å²) in [5, 5.41) is 9.46. The first-order valence-electron chi connectivity index (χ1n) is 8.50. The molecule has 4 N–H and O–H groups in total. The van der Waals surface area contributed by atoms with Crippen LogP contribution in [0.4, 0.5) is 4.39 Å². The first-order chi connectivity index (χ1) is 13.5. The van der Waals surface area contributed by atoms with Gasteiger partial charge in [-0.25, -0.2) is 4.39 Å². The number of H-pyrrole nitrogens is 1. The number of aromatic nitrogens is 3. The number of hydrogen-bond donors (Lipinski definition) is 3. The van der Waals surface area contributed by atoms with Gasteiger partial charge in [-0.05, 0) is 42.0 Å². The summed E-state index contributed by atoms with van der Waals surface area (Å²) in [5.74, 6) is -0.873. The van der Waals surface area contributed by atoms with E-state index in [4.69, 9.17) is 18.0 Å². The van der Waals surface area contributed by atoms with Crippen LogP contribution < -0.4 is 11.1 Å². The Bertz CT molecular complexity index is 1030. The SMILES string of the molecule is NC(=O)C(NC(=O)CCn1c(-c2ccc(F)cc2)n[nH]c1=S)c1ccccc1. The molecular formula is C19H18FN5O2S. The van der Waals surface area contributed by atoms with Crippen LogP contribution in [0, 0.1) is 10.6 Å². The molecule has 0 aliphatic heterocycles. The second-order valence-electron chi connectivity index (χ2n) is 6.07. The summed E-state index contributed by atoms with van der Waals surface area (Å²) in [6, 6.07) is 13.6. The maximum absolute atomic E-state index is 13.1. The second kappa shape index (κ2) is 8.57. The fourth-order valence-electron chi connectivity index (χ4n) is 2.76. The number of amides is 2. The maximum atomic E-state index is 13.1. The molecule has 0 bridgehead atoms. The fraction of sp³-hybridized carbons (Fsp3) is 0.158. The number of halogens is 1. The predicted molar refractivity (Wildman–Crippen MR) is 104 cm³/mol. The first-order valence-corrected chi connectivity index (χ1v) is 8.91. The number of aromatic amines is 1. The first kappa shape index (κ1) is 19.4. The molecule has 0 saturated heterocycles. The Hall–Kier alpha value is -3.33. The number of nitrogens with two attached hydrogens (primary N) is 1. The van der Waals surface area contributed by atoms with Crippen LogP contribution in [0.1, 0.15) is 18.0 Å². The standard InChI is InChI=1S/C19H18FN5O2S/c20-14-8-6-13(7-9-14)18-23-24-19(28)25(18)11-10-15(26)22-16(17(21)27)12-4-2-1-3-5-12/h1-9,16H,10-11H2,(H2,21,27)(H,22,26)(H,24,28). The van der Waals surface area contributed by atoms with Crippen molar-refractivity contribution in [2.45, 2.75) is 19.0 Å². The highest BCUT2D eigenvalue weighted by atomic mass is 32.1. The van der Waals surface area contributed by atoms with E-state index in [2.05, 4.69) is 15.5 Å². The minimum absolute atomic E-state index is 0.0542. The van der Waals surface area contributed by atoms with Crippen molar-refractivity contribution in [2.75, 3.05) is 0 Å². The molecule has 1 unspecified atom stereocenters. The largest absolute Gasteiger partial charge is 0.368 e. The van der Waals surface area contributed by atoms with Gasteiger partial charge in [0.2, 0.25) is 11.8 Å². The van der Waals surface area contributed by atoms with Crippen molar-refractivity contribution in [1.29, 1.82) is 0 Å². The molecule has 28 heavy (non-hydrogen) atoms. The highest BCUT2D eigenvalue weighted by Crippen LogP contribution is 2.18. The lowest BCUT2D eigenvalue weighted by Crippen LogP contribution is -2.37. The van der Waals surface area contributed by atoms with Gasteiger partial charge in [-0.1, -0.05) is 30.3 Å². The zero-order valence-electron chi connectivity index (χ0n) is 14.8. The Labute approximate surface area is 165 Å². The van der Waals surface area contributed by atoms with E-state index in [0.717, 1.165) is 0 Å². The van der Waals surface area contributed by atoms with E-state index in [9.17, 15) is 14.0 Å². The van der Waals surface area contributed by atoms with Crippen molar-refractivity contribution >= 4 is 24.0 Å². The molecule has 0 aliphatic rings. The summed E-state index contributed by atoms with van der Waals surface area (Å²) in [7, 11) is 0. The van der Waals surface area contributed by atoms with E-state index >= 15 is 0 Å². The number of rotatable bonds is 7. The van der Waals surface area contributed by atoms with Crippen molar-refractivity contribution < 1.29 is 14.0 Å². The van der Waals surface area contributed by atoms with Crippen molar-refractivity contribution in [3.8, 4) is 11.4 Å². The molecule has 7 nitrogen and oxygen atoms in total. The van der Waals surface area contributed by atoms with Gasteiger partial charge >= 0.3 is 0 Å². The smallest absolute Gasteiger partial charge is 0.244 e. The molecule has 2 aromatic carbocycles. The van der Waals surface area contributed by atoms with Crippen LogP contribution >= 0.6 is 12.2 Å². The number of hydrogen-bond acceptors (Lipinski definition) is 4. The lowest BCUT2D eigenvalue weighted by atomic mass is 10.1. The fourth-order valence-corrected chi connectivity index (χ4v) is 2.98. The molecule has 0 saturated carbocycles. The van der Waals surface area contributed by atoms with Crippen molar-refractivity contribution in [3.63, 3.8) is 0 Å². The molecule has 0 aliphatic carbocycles. The van der Waals surface area contributed by atoms with Gasteiger partial charge in [0.1, 0.15) is 11.9 Å². The number of carbonyl (C=O) groups is 2. The van der Waals surface area contributed by atoms with E-state index in [1.807, 2.05) is 0 Å². The van der Waals surface area contributed by atoms with Gasteiger partial charge in [0.25, 0.3) is 0 Å². The van der Waals surface area contributed by atoms with Crippen LogP contribution in [-0.4, -0.2) is 26.6 Å². The normalized spacial score (nSPS) is 11.8. The molecule has 3 rings (SSSR count). The van der Waals surface area contributed by atoms with Gasteiger partial charge in [0.15, 0.2) is 10.6 Å². The Kier molecular flexibility index (Phi) is 5.95. The van der Waals surface area contributed by atoms with E-state index in [0.29, 0.717) is 21.7 Å². The zero-order valence-corrected chi connectivity index (χ0v) is 15.6. The minimum atomic E-state index is -0.914. The highest BCUT2D eigenvalue weighted by Gasteiger charge is 2.20. The molecule has 0 spiro atoms. The van der Waals surface area contributed by atoms with E-state index in [1.165, 1.54) is 12.1 Å². The average Bonchev–Trinajstić information content (AvgIpc) is 3.06. The maximum Gasteiger partial charge on any atom is 0.244 e. The molecule has 3 aromatic rings. The van der Waals surface area contributed by atoms with E-state index < -0.39 is 11.9 Å². The quantitative estimate of drug-likeness (QED) is 0.531. The van der Waals surface area contributed by atoms with Gasteiger partial charge in [-0.2, -0.15) is 5.10 Å². The van der Waals surface area contributed by atoms with Crippen LogP contribution in [0.15, 0.2) is 54.6 Å². The van der Waals surface area contributed by atoms with Crippen LogP contribution in [-0.2, 0) is 16.1 Å². The van der Waals surface area contributed by atoms with Crippen LogP contribution in [0.5, 0.6) is 0 Å². The van der Waals surface area contributed by atoms with Gasteiger partial charge in [-0.15, -0.1) is 0 Å². The summed E-state index contributed by atoms with van der Waals surface area (Å²) in [5.41, 5.74) is 6.69. The molecule has 144 valence electrons.